The lowest BCUT2D eigenvalue weighted by molar-refractivity contribution is 0.265. The van der Waals surface area contributed by atoms with Crippen molar-refractivity contribution in [3.05, 3.63) is 21.0 Å². The summed E-state index contributed by atoms with van der Waals surface area (Å²) in [7, 11) is 0. The molecule has 2 atom stereocenters. The zero-order valence-corrected chi connectivity index (χ0v) is 8.04. The van der Waals surface area contributed by atoms with E-state index >= 15 is 0 Å². The van der Waals surface area contributed by atoms with E-state index in [9.17, 15) is 9.59 Å². The third-order valence-corrected chi connectivity index (χ3v) is 2.83. The summed E-state index contributed by atoms with van der Waals surface area (Å²) < 4.78 is 1.26. The van der Waals surface area contributed by atoms with E-state index < -0.39 is 0 Å². The molecule has 1 aromatic rings. The van der Waals surface area contributed by atoms with Crippen LogP contribution in [0.25, 0.3) is 0 Å². The highest BCUT2D eigenvalue weighted by Crippen LogP contribution is 2.20. The first-order chi connectivity index (χ1) is 6.70. The molecule has 0 saturated carbocycles. The largest absolute Gasteiger partial charge is 0.344 e. The Kier molecular flexibility index (Phi) is 2.28. The molecule has 14 heavy (non-hydrogen) atoms. The van der Waals surface area contributed by atoms with E-state index in [1.807, 2.05) is 0 Å². The lowest BCUT2D eigenvalue weighted by atomic mass is 9.95. The van der Waals surface area contributed by atoms with Gasteiger partial charge in [0, 0.05) is 6.54 Å². The van der Waals surface area contributed by atoms with E-state index in [2.05, 4.69) is 22.4 Å². The van der Waals surface area contributed by atoms with Crippen LogP contribution in [0.4, 0.5) is 0 Å². The van der Waals surface area contributed by atoms with E-state index in [0.29, 0.717) is 12.5 Å². The Morgan fingerprint density at radius 2 is 1.93 bits per heavy atom. The number of hydrogen-bond donors (Lipinski definition) is 3. The summed E-state index contributed by atoms with van der Waals surface area (Å²) in [6.07, 6.45) is 0.988. The zero-order chi connectivity index (χ0) is 10.1. The smallest absolute Gasteiger partial charge is 0.315 e. The molecule has 1 saturated heterocycles. The van der Waals surface area contributed by atoms with Gasteiger partial charge in [-0.15, -0.1) is 0 Å². The maximum atomic E-state index is 11.3. The second-order valence-electron chi connectivity index (χ2n) is 3.77. The molecule has 6 heteroatoms. The zero-order valence-electron chi connectivity index (χ0n) is 8.04. The van der Waals surface area contributed by atoms with Crippen molar-refractivity contribution in [2.24, 2.45) is 5.92 Å². The summed E-state index contributed by atoms with van der Waals surface area (Å²) in [5.41, 5.74) is -0.703. The summed E-state index contributed by atoms with van der Waals surface area (Å²) >= 11 is 0. The molecule has 1 aliphatic heterocycles. The molecule has 0 bridgehead atoms. The van der Waals surface area contributed by atoms with Gasteiger partial charge in [-0.3, -0.25) is 0 Å². The van der Waals surface area contributed by atoms with E-state index in [1.54, 1.807) is 0 Å². The minimum absolute atomic E-state index is 0.0359. The van der Waals surface area contributed by atoms with Crippen molar-refractivity contribution in [3.8, 4) is 0 Å². The molecule has 2 unspecified atom stereocenters. The van der Waals surface area contributed by atoms with E-state index in [0.717, 1.165) is 13.0 Å². The van der Waals surface area contributed by atoms with Crippen LogP contribution in [-0.4, -0.2) is 27.9 Å². The van der Waals surface area contributed by atoms with E-state index in [1.165, 1.54) is 4.57 Å². The van der Waals surface area contributed by atoms with Gasteiger partial charge in [0.15, 0.2) is 0 Å². The van der Waals surface area contributed by atoms with Gasteiger partial charge in [0.1, 0.15) is 0 Å². The molecule has 1 aliphatic rings. The standard InChI is InChI=1S/C8H14N4O2/c1-5-2-3-9-4-6(5)12-7(13)10-11-8(12)14/h5-6,9H,2-4H2,1H3,(H,10,13)(H,11,14). The fourth-order valence-corrected chi connectivity index (χ4v) is 1.94. The normalized spacial score (nSPS) is 27.8. The van der Waals surface area contributed by atoms with Crippen LogP contribution < -0.4 is 16.7 Å². The minimum atomic E-state index is -0.351. The Morgan fingerprint density at radius 1 is 1.29 bits per heavy atom. The van der Waals surface area contributed by atoms with E-state index in [-0.39, 0.29) is 17.4 Å². The number of hydrogen-bond acceptors (Lipinski definition) is 3. The second-order valence-corrected chi connectivity index (χ2v) is 3.77. The summed E-state index contributed by atoms with van der Waals surface area (Å²) in [5.74, 6) is 0.353. The first-order valence-electron chi connectivity index (χ1n) is 4.80. The fraction of sp³-hybridized carbons (Fsp3) is 0.750. The predicted octanol–water partition coefficient (Wildman–Crippen LogP) is -0.965. The fourth-order valence-electron chi connectivity index (χ4n) is 1.94. The van der Waals surface area contributed by atoms with Crippen molar-refractivity contribution in [2.45, 2.75) is 19.4 Å². The molecular weight excluding hydrogens is 184 g/mol. The first kappa shape index (κ1) is 9.26. The number of H-pyrrole nitrogens is 2. The van der Waals surface area contributed by atoms with Gasteiger partial charge in [-0.1, -0.05) is 6.92 Å². The Bertz CT molecular complexity index is 388. The van der Waals surface area contributed by atoms with Gasteiger partial charge in [-0.25, -0.2) is 24.4 Å². The highest BCUT2D eigenvalue weighted by molar-refractivity contribution is 4.83. The predicted molar refractivity (Wildman–Crippen MR) is 51.4 cm³/mol. The highest BCUT2D eigenvalue weighted by Gasteiger charge is 2.25. The van der Waals surface area contributed by atoms with Crippen molar-refractivity contribution in [2.75, 3.05) is 13.1 Å². The van der Waals surface area contributed by atoms with Crippen LogP contribution in [0.2, 0.25) is 0 Å². The van der Waals surface area contributed by atoms with Gasteiger partial charge in [0.25, 0.3) is 0 Å². The van der Waals surface area contributed by atoms with Crippen LogP contribution in [0.3, 0.4) is 0 Å². The van der Waals surface area contributed by atoms with Crippen molar-refractivity contribution in [1.82, 2.24) is 20.1 Å². The molecule has 2 heterocycles. The molecule has 2 rings (SSSR count). The van der Waals surface area contributed by atoms with Crippen LogP contribution >= 0.6 is 0 Å². The van der Waals surface area contributed by atoms with Gasteiger partial charge >= 0.3 is 11.4 Å². The summed E-state index contributed by atoms with van der Waals surface area (Å²) in [6.45, 7) is 3.70. The van der Waals surface area contributed by atoms with Crippen molar-refractivity contribution < 1.29 is 0 Å². The molecule has 0 radical (unpaired) electrons. The summed E-state index contributed by atoms with van der Waals surface area (Å²) in [6, 6.07) is -0.0359. The SMILES string of the molecule is CC1CCNCC1n1c(=O)[nH][nH]c1=O. The van der Waals surface area contributed by atoms with Gasteiger partial charge < -0.3 is 5.32 Å². The second kappa shape index (κ2) is 3.45. The van der Waals surface area contributed by atoms with Gasteiger partial charge in [0.05, 0.1) is 6.04 Å². The molecule has 6 nitrogen and oxygen atoms in total. The van der Waals surface area contributed by atoms with E-state index in [4.69, 9.17) is 0 Å². The van der Waals surface area contributed by atoms with Gasteiger partial charge in [-0.2, -0.15) is 0 Å². The maximum absolute atomic E-state index is 11.3. The quantitative estimate of drug-likeness (QED) is 0.543. The third-order valence-electron chi connectivity index (χ3n) is 2.83. The van der Waals surface area contributed by atoms with Crippen LogP contribution in [0.5, 0.6) is 0 Å². The summed E-state index contributed by atoms with van der Waals surface area (Å²) in [5, 5.41) is 7.78. The van der Waals surface area contributed by atoms with Crippen molar-refractivity contribution in [3.63, 3.8) is 0 Å². The van der Waals surface area contributed by atoms with Crippen molar-refractivity contribution >= 4 is 0 Å². The lowest BCUT2D eigenvalue weighted by Crippen LogP contribution is -2.44. The Hall–Kier alpha value is -1.30. The Morgan fingerprint density at radius 3 is 2.50 bits per heavy atom. The Labute approximate surface area is 80.3 Å². The number of nitrogens with one attached hydrogen (secondary N) is 3. The molecular formula is C8H14N4O2. The molecule has 1 aromatic heterocycles. The molecule has 0 aliphatic carbocycles. The van der Waals surface area contributed by atoms with Crippen LogP contribution in [0.15, 0.2) is 9.59 Å². The molecule has 1 fully saturated rings. The number of aromatic amines is 2. The topological polar surface area (TPSA) is 82.7 Å². The lowest BCUT2D eigenvalue weighted by Gasteiger charge is -2.28. The maximum Gasteiger partial charge on any atom is 0.344 e. The summed E-state index contributed by atoms with van der Waals surface area (Å²) in [4.78, 5) is 22.7. The third kappa shape index (κ3) is 1.41. The van der Waals surface area contributed by atoms with Crippen LogP contribution in [0, 0.1) is 5.92 Å². The molecule has 0 spiro atoms. The highest BCUT2D eigenvalue weighted by atomic mass is 16.2. The number of nitrogens with zero attached hydrogens (tertiary/aromatic N) is 1. The number of piperidine rings is 1. The molecule has 0 amide bonds. The molecule has 3 N–H and O–H groups in total. The Balaban J connectivity index is 2.38. The van der Waals surface area contributed by atoms with Crippen LogP contribution in [-0.2, 0) is 0 Å². The minimum Gasteiger partial charge on any atom is -0.315 e. The average Bonchev–Trinajstić information content (AvgIpc) is 2.48. The van der Waals surface area contributed by atoms with Crippen LogP contribution in [0.1, 0.15) is 19.4 Å². The average molecular weight is 198 g/mol. The number of aromatic nitrogens is 3. The number of rotatable bonds is 1. The van der Waals surface area contributed by atoms with Gasteiger partial charge in [0.2, 0.25) is 0 Å². The van der Waals surface area contributed by atoms with Gasteiger partial charge in [-0.05, 0) is 18.9 Å². The monoisotopic (exact) mass is 198 g/mol. The first-order valence-corrected chi connectivity index (χ1v) is 4.80. The van der Waals surface area contributed by atoms with Crippen molar-refractivity contribution in [1.29, 1.82) is 0 Å². The molecule has 78 valence electrons. The molecule has 0 aromatic carbocycles.